The fraction of sp³-hybridized carbons (Fsp3) is 0.833. The number of hydrogen-bond acceptors (Lipinski definition) is 3. The van der Waals surface area contributed by atoms with Gasteiger partial charge in [0.05, 0.1) is 0 Å². The van der Waals surface area contributed by atoms with E-state index < -0.39 is 0 Å². The third kappa shape index (κ3) is 1.68. The number of amides is 1. The van der Waals surface area contributed by atoms with E-state index >= 15 is 0 Å². The minimum atomic E-state index is -0.347. The van der Waals surface area contributed by atoms with Crippen molar-refractivity contribution in [2.75, 3.05) is 13.1 Å². The highest BCUT2D eigenvalue weighted by Gasteiger charge is 2.18. The molecule has 1 atom stereocenters. The monoisotopic (exact) mass is 143 g/mol. The van der Waals surface area contributed by atoms with Gasteiger partial charge in [0.1, 0.15) is 0 Å². The fourth-order valence-electron chi connectivity index (χ4n) is 1.17. The van der Waals surface area contributed by atoms with Gasteiger partial charge in [0.15, 0.2) is 0 Å². The number of carbonyl (C=O) groups is 1. The van der Waals surface area contributed by atoms with Gasteiger partial charge in [0.25, 0.3) is 0 Å². The van der Waals surface area contributed by atoms with Crippen LogP contribution in [0.25, 0.3) is 0 Å². The first kappa shape index (κ1) is 7.50. The molecule has 1 aliphatic heterocycles. The second-order valence-corrected chi connectivity index (χ2v) is 2.63. The van der Waals surface area contributed by atoms with Gasteiger partial charge in [-0.25, -0.2) is 0 Å². The number of rotatable bonds is 1. The normalized spacial score (nSPS) is 28.3. The maximum Gasteiger partial charge on any atom is 0.221 e. The van der Waals surface area contributed by atoms with E-state index in [1.807, 2.05) is 0 Å². The van der Waals surface area contributed by atoms with E-state index in [2.05, 4.69) is 0 Å². The minimum absolute atomic E-state index is 0.216. The lowest BCUT2D eigenvalue weighted by molar-refractivity contribution is -0.123. The SMILES string of the molecule is NC(=O)C1CCCN([O-])C1. The second kappa shape index (κ2) is 2.98. The Balaban J connectivity index is 2.39. The third-order valence-electron chi connectivity index (χ3n) is 1.79. The summed E-state index contributed by atoms with van der Waals surface area (Å²) in [5.74, 6) is -0.563. The lowest BCUT2D eigenvalue weighted by Crippen LogP contribution is -2.38. The first-order valence-corrected chi connectivity index (χ1v) is 3.41. The van der Waals surface area contributed by atoms with Gasteiger partial charge in [-0.2, -0.15) is 0 Å². The van der Waals surface area contributed by atoms with E-state index in [1.54, 1.807) is 0 Å². The van der Waals surface area contributed by atoms with Crippen LogP contribution in [0, 0.1) is 11.1 Å². The molecule has 0 aliphatic carbocycles. The molecule has 1 unspecified atom stereocenters. The van der Waals surface area contributed by atoms with Crippen LogP contribution in [-0.4, -0.2) is 24.1 Å². The molecule has 0 spiro atoms. The van der Waals surface area contributed by atoms with E-state index in [1.165, 1.54) is 0 Å². The summed E-state index contributed by atoms with van der Waals surface area (Å²) >= 11 is 0. The summed E-state index contributed by atoms with van der Waals surface area (Å²) in [6.07, 6.45) is 1.56. The summed E-state index contributed by atoms with van der Waals surface area (Å²) in [5.41, 5.74) is 5.02. The number of hydroxylamine groups is 2. The zero-order chi connectivity index (χ0) is 7.56. The van der Waals surface area contributed by atoms with Gasteiger partial charge >= 0.3 is 0 Å². The van der Waals surface area contributed by atoms with Crippen molar-refractivity contribution >= 4 is 5.91 Å². The Morgan fingerprint density at radius 1 is 1.70 bits per heavy atom. The van der Waals surface area contributed by atoms with Crippen LogP contribution in [0.5, 0.6) is 0 Å². The molecule has 0 saturated carbocycles. The molecular formula is C6H11N2O2-. The van der Waals surface area contributed by atoms with Gasteiger partial charge in [-0.1, -0.05) is 0 Å². The summed E-state index contributed by atoms with van der Waals surface area (Å²) in [4.78, 5) is 10.6. The summed E-state index contributed by atoms with van der Waals surface area (Å²) in [6, 6.07) is 0. The van der Waals surface area contributed by atoms with Crippen LogP contribution in [0.1, 0.15) is 12.8 Å². The zero-order valence-electron chi connectivity index (χ0n) is 5.75. The predicted octanol–water partition coefficient (Wildman–Crippen LogP) is -0.319. The number of carbonyl (C=O) groups excluding carboxylic acids is 1. The fourth-order valence-corrected chi connectivity index (χ4v) is 1.17. The summed E-state index contributed by atoms with van der Waals surface area (Å²) in [5, 5.41) is 11.6. The number of nitrogens with zero attached hydrogens (tertiary/aromatic N) is 1. The van der Waals surface area contributed by atoms with Crippen LogP contribution >= 0.6 is 0 Å². The lowest BCUT2D eigenvalue weighted by atomic mass is 9.99. The van der Waals surface area contributed by atoms with Crippen molar-refractivity contribution in [3.05, 3.63) is 5.21 Å². The molecule has 0 aromatic heterocycles. The van der Waals surface area contributed by atoms with Crippen LogP contribution in [-0.2, 0) is 4.79 Å². The maximum atomic E-state index is 10.7. The Kier molecular flexibility index (Phi) is 2.24. The largest absolute Gasteiger partial charge is 0.785 e. The molecule has 0 bridgehead atoms. The average molecular weight is 143 g/mol. The molecule has 0 aromatic rings. The molecule has 1 saturated heterocycles. The molecule has 1 heterocycles. The minimum Gasteiger partial charge on any atom is -0.785 e. The smallest absolute Gasteiger partial charge is 0.221 e. The topological polar surface area (TPSA) is 69.4 Å². The van der Waals surface area contributed by atoms with Gasteiger partial charge < -0.3 is 16.0 Å². The maximum absolute atomic E-state index is 10.7. The standard InChI is InChI=1S/C6H11N2O2/c7-6(9)5-2-1-3-8(10)4-5/h5H,1-4H2,(H2,7,9)/q-1. The molecule has 2 N–H and O–H groups in total. The average Bonchev–Trinajstić information content (AvgIpc) is 1.88. The van der Waals surface area contributed by atoms with Crippen molar-refractivity contribution in [1.29, 1.82) is 0 Å². The Morgan fingerprint density at radius 3 is 2.80 bits per heavy atom. The molecule has 1 fully saturated rings. The van der Waals surface area contributed by atoms with E-state index in [0.717, 1.165) is 17.9 Å². The molecule has 0 aromatic carbocycles. The zero-order valence-corrected chi connectivity index (χ0v) is 5.75. The lowest BCUT2D eigenvalue weighted by Gasteiger charge is -2.35. The summed E-state index contributed by atoms with van der Waals surface area (Å²) in [7, 11) is 0. The molecule has 1 aliphatic rings. The van der Waals surface area contributed by atoms with Gasteiger partial charge in [0, 0.05) is 5.92 Å². The number of piperidine rings is 1. The highest BCUT2D eigenvalue weighted by Crippen LogP contribution is 2.14. The van der Waals surface area contributed by atoms with Crippen LogP contribution in [0.15, 0.2) is 0 Å². The Morgan fingerprint density at radius 2 is 2.40 bits per heavy atom. The molecule has 4 heteroatoms. The molecule has 0 radical (unpaired) electrons. The van der Waals surface area contributed by atoms with Crippen LogP contribution in [0.3, 0.4) is 0 Å². The van der Waals surface area contributed by atoms with E-state index in [4.69, 9.17) is 5.73 Å². The van der Waals surface area contributed by atoms with Crippen molar-refractivity contribution in [2.45, 2.75) is 12.8 Å². The van der Waals surface area contributed by atoms with E-state index in [-0.39, 0.29) is 18.4 Å². The van der Waals surface area contributed by atoms with Crippen molar-refractivity contribution in [2.24, 2.45) is 11.7 Å². The quantitative estimate of drug-likeness (QED) is 0.547. The number of nitrogens with two attached hydrogens (primary N) is 1. The van der Waals surface area contributed by atoms with Gasteiger partial charge in [-0.3, -0.25) is 4.79 Å². The van der Waals surface area contributed by atoms with Crippen molar-refractivity contribution in [3.63, 3.8) is 0 Å². The Bertz CT molecular complexity index is 138. The van der Waals surface area contributed by atoms with Gasteiger partial charge in [0.2, 0.25) is 5.91 Å². The van der Waals surface area contributed by atoms with Gasteiger partial charge in [-0.15, -0.1) is 0 Å². The third-order valence-corrected chi connectivity index (χ3v) is 1.79. The van der Waals surface area contributed by atoms with Crippen LogP contribution < -0.4 is 5.73 Å². The molecule has 1 amide bonds. The molecule has 1 rings (SSSR count). The van der Waals surface area contributed by atoms with Crippen molar-refractivity contribution in [1.82, 2.24) is 5.06 Å². The predicted molar refractivity (Wildman–Crippen MR) is 36.9 cm³/mol. The highest BCUT2D eigenvalue weighted by atomic mass is 16.5. The van der Waals surface area contributed by atoms with E-state index in [9.17, 15) is 10.0 Å². The highest BCUT2D eigenvalue weighted by molar-refractivity contribution is 5.76. The number of hydrogen-bond donors (Lipinski definition) is 1. The van der Waals surface area contributed by atoms with Crippen LogP contribution in [0.4, 0.5) is 0 Å². The molecule has 58 valence electrons. The molecular weight excluding hydrogens is 132 g/mol. The molecule has 4 nitrogen and oxygen atoms in total. The van der Waals surface area contributed by atoms with Gasteiger partial charge in [-0.05, 0) is 25.9 Å². The Labute approximate surface area is 59.6 Å². The first-order chi connectivity index (χ1) is 4.70. The van der Waals surface area contributed by atoms with Crippen molar-refractivity contribution < 1.29 is 4.79 Å². The molecule has 10 heavy (non-hydrogen) atoms. The van der Waals surface area contributed by atoms with Crippen molar-refractivity contribution in [3.8, 4) is 0 Å². The summed E-state index contributed by atoms with van der Waals surface area (Å²) < 4.78 is 0. The number of primary amides is 1. The second-order valence-electron chi connectivity index (χ2n) is 2.63. The van der Waals surface area contributed by atoms with E-state index in [0.29, 0.717) is 6.54 Å². The van der Waals surface area contributed by atoms with Crippen LogP contribution in [0.2, 0.25) is 0 Å². The summed E-state index contributed by atoms with van der Waals surface area (Å²) in [6.45, 7) is 0.832. The Hall–Kier alpha value is -0.610. The first-order valence-electron chi connectivity index (χ1n) is 3.41.